The minimum Gasteiger partial charge on any atom is -1.00 e. The van der Waals surface area contributed by atoms with Gasteiger partial charge in [0.25, 0.3) is 0 Å². The predicted octanol–water partition coefficient (Wildman–Crippen LogP) is -4.21. The molecule has 6 nitrogen and oxygen atoms in total. The van der Waals surface area contributed by atoms with E-state index in [9.17, 15) is 16.8 Å². The molecule has 0 aliphatic carbocycles. The van der Waals surface area contributed by atoms with Crippen molar-refractivity contribution in [3.8, 4) is 0 Å². The van der Waals surface area contributed by atoms with Crippen LogP contribution in [0.1, 0.15) is 1.43 Å². The molecule has 0 aromatic rings. The standard InChI is InChI=1S/Na.H2O6S2.H/c;1-7(2,3)8(4,5)6;/h;(H,1,2,3)(H,4,5,6);/q+1;;-1. The molecule has 0 heterocycles. The molecule has 0 aliphatic rings. The van der Waals surface area contributed by atoms with Crippen molar-refractivity contribution in [3.63, 3.8) is 0 Å². The second-order valence-electron chi connectivity index (χ2n) is 0.855. The van der Waals surface area contributed by atoms with E-state index in [4.69, 9.17) is 9.11 Å². The van der Waals surface area contributed by atoms with E-state index in [1.165, 1.54) is 0 Å². The molecule has 0 aromatic heterocycles. The Hall–Kier alpha value is 0.820. The Morgan fingerprint density at radius 3 is 1.00 bits per heavy atom. The summed E-state index contributed by atoms with van der Waals surface area (Å²) in [5.41, 5.74) is 0. The van der Waals surface area contributed by atoms with Crippen LogP contribution in [0.5, 0.6) is 0 Å². The van der Waals surface area contributed by atoms with Crippen molar-refractivity contribution in [2.45, 2.75) is 0 Å². The third-order valence-corrected chi connectivity index (χ3v) is 2.40. The molecule has 52 valence electrons. The average molecular weight is 186 g/mol. The Morgan fingerprint density at radius 1 is 0.889 bits per heavy atom. The van der Waals surface area contributed by atoms with Gasteiger partial charge < -0.3 is 1.43 Å². The van der Waals surface area contributed by atoms with Crippen molar-refractivity contribution < 1.29 is 56.9 Å². The van der Waals surface area contributed by atoms with E-state index in [0.29, 0.717) is 0 Å². The summed E-state index contributed by atoms with van der Waals surface area (Å²) < 4.78 is 52.5. The number of hydrogen-bond donors (Lipinski definition) is 2. The molecule has 0 fully saturated rings. The van der Waals surface area contributed by atoms with Gasteiger partial charge in [-0.25, -0.2) is 0 Å². The van der Waals surface area contributed by atoms with Crippen molar-refractivity contribution in [3.05, 3.63) is 0 Å². The summed E-state index contributed by atoms with van der Waals surface area (Å²) in [6.07, 6.45) is 0. The Kier molecular flexibility index (Phi) is 4.56. The van der Waals surface area contributed by atoms with Crippen LogP contribution >= 0.6 is 0 Å². The summed E-state index contributed by atoms with van der Waals surface area (Å²) in [5.74, 6) is 0. The minimum atomic E-state index is -5.31. The molecule has 0 bridgehead atoms. The van der Waals surface area contributed by atoms with Crippen LogP contribution in [0, 0.1) is 0 Å². The zero-order chi connectivity index (χ0) is 7.00. The summed E-state index contributed by atoms with van der Waals surface area (Å²) in [5, 5.41) is 0. The summed E-state index contributed by atoms with van der Waals surface area (Å²) in [6, 6.07) is 0. The van der Waals surface area contributed by atoms with E-state index in [2.05, 4.69) is 0 Å². The SMILES string of the molecule is O=S(=O)(O)S(=O)(=O)O.[H-].[Na+]. The van der Waals surface area contributed by atoms with Crippen LogP contribution in [-0.4, -0.2) is 25.9 Å². The topological polar surface area (TPSA) is 109 Å². The summed E-state index contributed by atoms with van der Waals surface area (Å²) in [6.45, 7) is 0. The first kappa shape index (κ1) is 12.5. The quantitative estimate of drug-likeness (QED) is 0.244. The maximum absolute atomic E-state index is 9.37. The first-order chi connectivity index (χ1) is 3.25. The molecule has 0 aliphatic heterocycles. The van der Waals surface area contributed by atoms with Crippen LogP contribution in [0.4, 0.5) is 0 Å². The van der Waals surface area contributed by atoms with Crippen LogP contribution in [0.15, 0.2) is 0 Å². The van der Waals surface area contributed by atoms with Gasteiger partial charge >= 0.3 is 47.9 Å². The van der Waals surface area contributed by atoms with Gasteiger partial charge in [-0.1, -0.05) is 0 Å². The molecule has 0 atom stereocenters. The molecule has 2 N–H and O–H groups in total. The predicted molar refractivity (Wildman–Crippen MR) is 24.2 cm³/mol. The normalized spacial score (nSPS) is 12.2. The monoisotopic (exact) mass is 186 g/mol. The number of rotatable bonds is 1. The summed E-state index contributed by atoms with van der Waals surface area (Å²) >= 11 is 0. The van der Waals surface area contributed by atoms with E-state index < -0.39 is 18.3 Å². The van der Waals surface area contributed by atoms with Gasteiger partial charge in [0.1, 0.15) is 0 Å². The van der Waals surface area contributed by atoms with Gasteiger partial charge in [-0.15, -0.1) is 0 Å². The van der Waals surface area contributed by atoms with E-state index in [1.807, 2.05) is 0 Å². The average Bonchev–Trinajstić information content (AvgIpc) is 1.25. The van der Waals surface area contributed by atoms with Crippen molar-refractivity contribution in [1.82, 2.24) is 0 Å². The molecule has 9 heteroatoms. The van der Waals surface area contributed by atoms with Crippen LogP contribution in [0.2, 0.25) is 0 Å². The van der Waals surface area contributed by atoms with Gasteiger partial charge in [0.05, 0.1) is 0 Å². The van der Waals surface area contributed by atoms with Crippen molar-refractivity contribution in [1.29, 1.82) is 0 Å². The fourth-order valence-corrected chi connectivity index (χ4v) is 0. The zero-order valence-electron chi connectivity index (χ0n) is 5.34. The van der Waals surface area contributed by atoms with Crippen molar-refractivity contribution >= 4 is 18.3 Å². The van der Waals surface area contributed by atoms with Crippen LogP contribution in [0.25, 0.3) is 0 Å². The van der Waals surface area contributed by atoms with Gasteiger partial charge in [0.2, 0.25) is 0 Å². The maximum Gasteiger partial charge on any atom is 1.00 e. The molecule has 0 unspecified atom stereocenters. The fourth-order valence-electron chi connectivity index (χ4n) is 0. The van der Waals surface area contributed by atoms with E-state index >= 15 is 0 Å². The first-order valence-corrected chi connectivity index (χ1v) is 4.60. The maximum atomic E-state index is 9.37. The molecular weight excluding hydrogens is 183 g/mol. The second kappa shape index (κ2) is 3.28. The van der Waals surface area contributed by atoms with Gasteiger partial charge in [0, 0.05) is 0 Å². The molecule has 0 saturated carbocycles. The Morgan fingerprint density at radius 2 is 1.00 bits per heavy atom. The second-order valence-corrected chi connectivity index (χ2v) is 5.09. The zero-order valence-corrected chi connectivity index (χ0v) is 7.98. The summed E-state index contributed by atoms with van der Waals surface area (Å²) in [4.78, 5) is 0. The van der Waals surface area contributed by atoms with E-state index in [0.717, 1.165) is 0 Å². The first-order valence-electron chi connectivity index (χ1n) is 1.20. The van der Waals surface area contributed by atoms with Gasteiger partial charge in [-0.3, -0.25) is 9.11 Å². The minimum absolute atomic E-state index is 0. The summed E-state index contributed by atoms with van der Waals surface area (Å²) in [7, 11) is -10.6. The van der Waals surface area contributed by atoms with Gasteiger partial charge in [0.15, 0.2) is 0 Å². The molecule has 0 amide bonds. The van der Waals surface area contributed by atoms with E-state index in [-0.39, 0.29) is 31.0 Å². The van der Waals surface area contributed by atoms with Crippen LogP contribution in [-0.2, 0) is 18.3 Å². The third kappa shape index (κ3) is 4.25. The molecular formula is H3NaO6S2. The van der Waals surface area contributed by atoms with Crippen molar-refractivity contribution in [2.24, 2.45) is 0 Å². The third-order valence-electron chi connectivity index (χ3n) is 0.266. The molecule has 0 saturated heterocycles. The van der Waals surface area contributed by atoms with E-state index in [1.54, 1.807) is 0 Å². The Bertz CT molecular complexity index is 228. The molecule has 0 rings (SSSR count). The Labute approximate surface area is 74.9 Å². The Balaban J connectivity index is -0.000000245. The molecule has 0 radical (unpaired) electrons. The van der Waals surface area contributed by atoms with Crippen LogP contribution in [0.3, 0.4) is 0 Å². The van der Waals surface area contributed by atoms with Gasteiger partial charge in [-0.2, -0.15) is 16.8 Å². The smallest absolute Gasteiger partial charge is 1.00 e. The fraction of sp³-hybridized carbons (Fsp3) is 0. The largest absolute Gasteiger partial charge is 1.00 e. The number of hydrogen-bond acceptors (Lipinski definition) is 4. The van der Waals surface area contributed by atoms with Crippen LogP contribution < -0.4 is 29.6 Å². The van der Waals surface area contributed by atoms with Gasteiger partial charge in [-0.05, 0) is 0 Å². The molecule has 9 heavy (non-hydrogen) atoms. The molecule has 0 aromatic carbocycles. The molecule has 0 spiro atoms. The van der Waals surface area contributed by atoms with Crippen molar-refractivity contribution in [2.75, 3.05) is 0 Å².